The topological polar surface area (TPSA) is 110 Å². The lowest BCUT2D eigenvalue weighted by Crippen LogP contribution is -2.16. The molecule has 1 heterocycles. The molecule has 0 atom stereocenters. The highest BCUT2D eigenvalue weighted by Crippen LogP contribution is 2.23. The molecule has 20 heavy (non-hydrogen) atoms. The van der Waals surface area contributed by atoms with E-state index in [0.717, 1.165) is 18.0 Å². The largest absolute Gasteiger partial charge is 0.292 e. The van der Waals surface area contributed by atoms with Crippen LogP contribution in [0.15, 0.2) is 35.5 Å². The molecule has 4 N–H and O–H groups in total. The van der Waals surface area contributed by atoms with E-state index in [9.17, 15) is 8.42 Å². The standard InChI is InChI=1S/C11H12ClN5O2S/c1-7-2-3-8(12)4-10(7)17-20(18,19)9-5-14-11(16-13)15-6-9/h2-6,17H,13H2,1H3,(H,14,15,16). The fraction of sp³-hybridized carbons (Fsp3) is 0.0909. The molecule has 0 unspecified atom stereocenters. The van der Waals surface area contributed by atoms with Gasteiger partial charge in [-0.15, -0.1) is 0 Å². The first-order valence-corrected chi connectivity index (χ1v) is 7.36. The first-order valence-electron chi connectivity index (χ1n) is 5.50. The minimum absolute atomic E-state index is 0.0733. The SMILES string of the molecule is Cc1ccc(Cl)cc1NS(=O)(=O)c1cnc(NN)nc1. The predicted octanol–water partition coefficient (Wildman–Crippen LogP) is 1.52. The number of anilines is 2. The molecule has 0 bridgehead atoms. The van der Waals surface area contributed by atoms with Crippen LogP contribution in [0.5, 0.6) is 0 Å². The van der Waals surface area contributed by atoms with Crippen molar-refractivity contribution in [3.8, 4) is 0 Å². The van der Waals surface area contributed by atoms with Crippen molar-refractivity contribution in [1.82, 2.24) is 9.97 Å². The molecule has 2 rings (SSSR count). The molecule has 0 aliphatic carbocycles. The van der Waals surface area contributed by atoms with Crippen LogP contribution in [0.3, 0.4) is 0 Å². The van der Waals surface area contributed by atoms with Crippen LogP contribution in [-0.2, 0) is 10.0 Å². The highest BCUT2D eigenvalue weighted by molar-refractivity contribution is 7.92. The molecule has 106 valence electrons. The maximum atomic E-state index is 12.2. The first kappa shape index (κ1) is 14.5. The number of aryl methyl sites for hydroxylation is 1. The molecule has 0 saturated carbocycles. The van der Waals surface area contributed by atoms with Gasteiger partial charge in [-0.25, -0.2) is 24.2 Å². The molecule has 0 amide bonds. The molecule has 7 nitrogen and oxygen atoms in total. The van der Waals surface area contributed by atoms with Crippen LogP contribution in [0.4, 0.5) is 11.6 Å². The van der Waals surface area contributed by atoms with Gasteiger partial charge < -0.3 is 0 Å². The molecule has 0 fully saturated rings. The number of nitrogens with one attached hydrogen (secondary N) is 2. The lowest BCUT2D eigenvalue weighted by Gasteiger charge is -2.10. The van der Waals surface area contributed by atoms with E-state index in [4.69, 9.17) is 17.4 Å². The molecule has 0 spiro atoms. The summed E-state index contributed by atoms with van der Waals surface area (Å²) in [6.07, 6.45) is 2.31. The smallest absolute Gasteiger partial charge is 0.264 e. The van der Waals surface area contributed by atoms with Gasteiger partial charge in [-0.3, -0.25) is 10.1 Å². The Morgan fingerprint density at radius 1 is 1.25 bits per heavy atom. The van der Waals surface area contributed by atoms with Crippen LogP contribution in [-0.4, -0.2) is 18.4 Å². The Hall–Kier alpha value is -1.90. The number of benzene rings is 1. The second kappa shape index (κ2) is 5.61. The summed E-state index contributed by atoms with van der Waals surface area (Å²) in [4.78, 5) is 7.43. The van der Waals surface area contributed by atoms with Crippen molar-refractivity contribution in [1.29, 1.82) is 0 Å². The second-order valence-electron chi connectivity index (χ2n) is 3.95. The number of nitrogens with two attached hydrogens (primary N) is 1. The molecule has 1 aromatic heterocycles. The number of rotatable bonds is 4. The summed E-state index contributed by atoms with van der Waals surface area (Å²) in [7, 11) is -3.78. The van der Waals surface area contributed by atoms with Crippen molar-refractivity contribution in [3.63, 3.8) is 0 Å². The number of hydrazine groups is 1. The number of hydrogen-bond donors (Lipinski definition) is 3. The fourth-order valence-electron chi connectivity index (χ4n) is 1.44. The number of aromatic nitrogens is 2. The van der Waals surface area contributed by atoms with Crippen LogP contribution in [0, 0.1) is 6.92 Å². The van der Waals surface area contributed by atoms with Crippen LogP contribution in [0.1, 0.15) is 5.56 Å². The van der Waals surface area contributed by atoms with Gasteiger partial charge in [-0.05, 0) is 24.6 Å². The van der Waals surface area contributed by atoms with Crippen molar-refractivity contribution in [2.75, 3.05) is 10.1 Å². The van der Waals surface area contributed by atoms with Gasteiger partial charge in [0.15, 0.2) is 0 Å². The number of halogens is 1. The van der Waals surface area contributed by atoms with E-state index < -0.39 is 10.0 Å². The highest BCUT2D eigenvalue weighted by Gasteiger charge is 2.16. The lowest BCUT2D eigenvalue weighted by molar-refractivity contribution is 0.600. The number of nitrogens with zero attached hydrogens (tertiary/aromatic N) is 2. The fourth-order valence-corrected chi connectivity index (χ4v) is 2.62. The first-order chi connectivity index (χ1) is 9.42. The third-order valence-corrected chi connectivity index (χ3v) is 4.07. The summed E-state index contributed by atoms with van der Waals surface area (Å²) in [6.45, 7) is 1.77. The maximum absolute atomic E-state index is 12.2. The van der Waals surface area contributed by atoms with Crippen molar-refractivity contribution >= 4 is 33.3 Å². The van der Waals surface area contributed by atoms with E-state index in [0.29, 0.717) is 10.7 Å². The third-order valence-electron chi connectivity index (χ3n) is 2.51. The second-order valence-corrected chi connectivity index (χ2v) is 6.07. The van der Waals surface area contributed by atoms with Crippen LogP contribution in [0.2, 0.25) is 5.02 Å². The molecule has 1 aromatic carbocycles. The Morgan fingerprint density at radius 3 is 2.50 bits per heavy atom. The van der Waals surface area contributed by atoms with E-state index >= 15 is 0 Å². The Bertz CT molecular complexity index is 718. The van der Waals surface area contributed by atoms with Gasteiger partial charge in [-0.2, -0.15) is 0 Å². The van der Waals surface area contributed by atoms with Crippen LogP contribution >= 0.6 is 11.6 Å². The van der Waals surface area contributed by atoms with Gasteiger partial charge in [0.1, 0.15) is 4.90 Å². The molecule has 0 saturated heterocycles. The van der Waals surface area contributed by atoms with Gasteiger partial charge in [0, 0.05) is 5.02 Å². The Labute approximate surface area is 121 Å². The summed E-state index contributed by atoms with van der Waals surface area (Å²) in [5, 5.41) is 0.437. The van der Waals surface area contributed by atoms with Gasteiger partial charge in [0.25, 0.3) is 10.0 Å². The summed E-state index contributed by atoms with van der Waals surface area (Å²) >= 11 is 5.85. The zero-order valence-electron chi connectivity index (χ0n) is 10.5. The van der Waals surface area contributed by atoms with Crippen LogP contribution in [0.25, 0.3) is 0 Å². The van der Waals surface area contributed by atoms with Crippen molar-refractivity contribution in [2.45, 2.75) is 11.8 Å². The molecule has 0 aliphatic heterocycles. The molecule has 0 aliphatic rings. The number of nitrogen functional groups attached to an aromatic ring is 1. The van der Waals surface area contributed by atoms with Crippen LogP contribution < -0.4 is 16.0 Å². The molecule has 2 aromatic rings. The Balaban J connectivity index is 2.32. The van der Waals surface area contributed by atoms with Gasteiger partial charge >= 0.3 is 0 Å². The summed E-state index contributed by atoms with van der Waals surface area (Å²) in [6, 6.07) is 4.93. The minimum atomic E-state index is -3.78. The average Bonchev–Trinajstić information content (AvgIpc) is 2.43. The Kier molecular flexibility index (Phi) is 4.07. The van der Waals surface area contributed by atoms with Gasteiger partial charge in [0.05, 0.1) is 18.1 Å². The minimum Gasteiger partial charge on any atom is -0.292 e. The van der Waals surface area contributed by atoms with Gasteiger partial charge in [0.2, 0.25) is 5.95 Å². The number of sulfonamides is 1. The maximum Gasteiger partial charge on any atom is 0.264 e. The van der Waals surface area contributed by atoms with Crippen molar-refractivity contribution in [2.24, 2.45) is 5.84 Å². The van der Waals surface area contributed by atoms with E-state index in [1.807, 2.05) is 0 Å². The number of hydrogen-bond acceptors (Lipinski definition) is 6. The quantitative estimate of drug-likeness (QED) is 0.583. The molecular weight excluding hydrogens is 302 g/mol. The van der Waals surface area contributed by atoms with Crippen molar-refractivity contribution in [3.05, 3.63) is 41.2 Å². The Morgan fingerprint density at radius 2 is 1.90 bits per heavy atom. The third kappa shape index (κ3) is 3.16. The monoisotopic (exact) mass is 313 g/mol. The highest BCUT2D eigenvalue weighted by atomic mass is 35.5. The van der Waals surface area contributed by atoms with Gasteiger partial charge in [-0.1, -0.05) is 17.7 Å². The summed E-state index contributed by atoms with van der Waals surface area (Å²) < 4.78 is 26.8. The zero-order chi connectivity index (χ0) is 14.8. The van der Waals surface area contributed by atoms with E-state index in [2.05, 4.69) is 20.1 Å². The molecule has 9 heteroatoms. The zero-order valence-corrected chi connectivity index (χ0v) is 12.0. The van der Waals surface area contributed by atoms with Crippen molar-refractivity contribution < 1.29 is 8.42 Å². The summed E-state index contributed by atoms with van der Waals surface area (Å²) in [5.41, 5.74) is 3.37. The predicted molar refractivity (Wildman–Crippen MR) is 76.8 cm³/mol. The summed E-state index contributed by atoms with van der Waals surface area (Å²) in [5.74, 6) is 5.24. The molecular formula is C11H12ClN5O2S. The van der Waals surface area contributed by atoms with E-state index in [1.54, 1.807) is 19.1 Å². The molecule has 0 radical (unpaired) electrons. The van der Waals surface area contributed by atoms with E-state index in [-0.39, 0.29) is 10.8 Å². The normalized spacial score (nSPS) is 11.2. The average molecular weight is 314 g/mol. The lowest BCUT2D eigenvalue weighted by atomic mass is 10.2. The van der Waals surface area contributed by atoms with E-state index in [1.165, 1.54) is 6.07 Å².